The number of nitrogen functional groups attached to an aromatic ring is 1. The quantitative estimate of drug-likeness (QED) is 0.757. The Morgan fingerprint density at radius 2 is 1.88 bits per heavy atom. The molecule has 2 saturated heterocycles. The van der Waals surface area contributed by atoms with Gasteiger partial charge in [0.1, 0.15) is 5.82 Å². The van der Waals surface area contributed by atoms with Crippen LogP contribution in [0.4, 0.5) is 19.0 Å². The predicted octanol–water partition coefficient (Wildman–Crippen LogP) is 3.59. The van der Waals surface area contributed by atoms with Gasteiger partial charge in [-0.2, -0.15) is 18.3 Å². The van der Waals surface area contributed by atoms with Gasteiger partial charge in [0.2, 0.25) is 0 Å². The lowest BCUT2D eigenvalue weighted by Gasteiger charge is -2.25. The third-order valence-corrected chi connectivity index (χ3v) is 9.15. The van der Waals surface area contributed by atoms with Crippen LogP contribution in [-0.2, 0) is 16.3 Å². The highest BCUT2D eigenvalue weighted by atomic mass is 19.4. The number of nitrogens with two attached hydrogens (primary N) is 1. The smallest absolute Gasteiger partial charge is 0.383 e. The Morgan fingerprint density at radius 1 is 1.15 bits per heavy atom. The van der Waals surface area contributed by atoms with Crippen LogP contribution < -0.4 is 5.73 Å². The van der Waals surface area contributed by atoms with Crippen LogP contribution in [0.15, 0.2) is 18.3 Å². The summed E-state index contributed by atoms with van der Waals surface area (Å²) in [6.45, 7) is 8.26. The number of ether oxygens (including phenoxy) is 1. The molecular weight excluding hydrogens is 431 g/mol. The number of alkyl halides is 3. The fourth-order valence-electron chi connectivity index (χ4n) is 7.66. The molecule has 2 aromatic rings. The molecule has 0 spiro atoms. The van der Waals surface area contributed by atoms with E-state index in [0.717, 1.165) is 32.4 Å². The van der Waals surface area contributed by atoms with Gasteiger partial charge in [0, 0.05) is 59.9 Å². The van der Waals surface area contributed by atoms with E-state index in [1.807, 2.05) is 10.7 Å². The van der Waals surface area contributed by atoms with Crippen LogP contribution in [0.5, 0.6) is 0 Å². The van der Waals surface area contributed by atoms with Crippen LogP contribution >= 0.6 is 0 Å². The van der Waals surface area contributed by atoms with Crippen LogP contribution in [0.2, 0.25) is 0 Å². The van der Waals surface area contributed by atoms with Crippen LogP contribution in [0.1, 0.15) is 37.6 Å². The maximum absolute atomic E-state index is 13.4. The molecule has 8 rings (SSSR count). The molecule has 2 N–H and O–H groups in total. The normalized spacial score (nSPS) is 38.7. The number of hydrogen-bond acceptors (Lipinski definition) is 5. The Morgan fingerprint density at radius 3 is 2.52 bits per heavy atom. The summed E-state index contributed by atoms with van der Waals surface area (Å²) in [4.78, 5) is 6.53. The lowest BCUT2D eigenvalue weighted by atomic mass is 9.99. The first-order valence-electron chi connectivity index (χ1n) is 12.0. The van der Waals surface area contributed by atoms with Crippen molar-refractivity contribution in [2.45, 2.75) is 43.9 Å². The van der Waals surface area contributed by atoms with E-state index >= 15 is 0 Å². The average Bonchev–Trinajstić information content (AvgIpc) is 3.24. The van der Waals surface area contributed by atoms with Gasteiger partial charge in [0.15, 0.2) is 0 Å². The third kappa shape index (κ3) is 2.58. The molecule has 2 aliphatic heterocycles. The minimum absolute atomic E-state index is 0.134. The zero-order valence-electron chi connectivity index (χ0n) is 18.7. The average molecular weight is 460 g/mol. The topological polar surface area (TPSA) is 69.2 Å². The van der Waals surface area contributed by atoms with Crippen molar-refractivity contribution in [1.82, 2.24) is 19.7 Å². The lowest BCUT2D eigenvalue weighted by molar-refractivity contribution is -0.137. The molecule has 0 aromatic carbocycles. The largest absolute Gasteiger partial charge is 0.419 e. The van der Waals surface area contributed by atoms with Crippen LogP contribution in [0.25, 0.3) is 11.3 Å². The lowest BCUT2D eigenvalue weighted by Crippen LogP contribution is -2.34. The zero-order valence-corrected chi connectivity index (χ0v) is 18.7. The molecule has 4 unspecified atom stereocenters. The van der Waals surface area contributed by atoms with Crippen molar-refractivity contribution in [3.63, 3.8) is 0 Å². The van der Waals surface area contributed by atoms with Gasteiger partial charge in [0.05, 0.1) is 24.5 Å². The maximum atomic E-state index is 13.4. The maximum Gasteiger partial charge on any atom is 0.419 e. The molecule has 6 nitrogen and oxygen atoms in total. The molecule has 6 fully saturated rings. The molecule has 9 heteroatoms. The summed E-state index contributed by atoms with van der Waals surface area (Å²) in [5.74, 6) is 2.90. The van der Waals surface area contributed by atoms with Crippen molar-refractivity contribution in [2.24, 2.45) is 29.6 Å². The molecule has 4 saturated carbocycles. The number of fused-ring (bicyclic) bond motifs is 2. The number of rotatable bonds is 4. The molecule has 0 radical (unpaired) electrons. The number of anilines is 1. The fraction of sp³-hybridized carbons (Fsp3) is 0.667. The first-order valence-corrected chi connectivity index (χ1v) is 12.0. The fourth-order valence-corrected chi connectivity index (χ4v) is 7.66. The third-order valence-electron chi connectivity index (χ3n) is 9.15. The number of hydrogen-bond donors (Lipinski definition) is 1. The summed E-state index contributed by atoms with van der Waals surface area (Å²) in [7, 11) is 0. The summed E-state index contributed by atoms with van der Waals surface area (Å²) in [6.07, 6.45) is -1.91. The molecule has 2 bridgehead atoms. The predicted molar refractivity (Wildman–Crippen MR) is 115 cm³/mol. The second-order valence-corrected chi connectivity index (χ2v) is 11.0. The number of pyridine rings is 1. The zero-order chi connectivity index (χ0) is 22.9. The molecule has 6 aliphatic rings. The summed E-state index contributed by atoms with van der Waals surface area (Å²) < 4.78 is 47.9. The van der Waals surface area contributed by atoms with Crippen molar-refractivity contribution in [2.75, 3.05) is 32.0 Å². The summed E-state index contributed by atoms with van der Waals surface area (Å²) in [5, 5.41) is 4.77. The molecule has 4 heterocycles. The highest BCUT2D eigenvalue weighted by molar-refractivity contribution is 5.65. The van der Waals surface area contributed by atoms with E-state index in [1.165, 1.54) is 18.3 Å². The Balaban J connectivity index is 1.21. The van der Waals surface area contributed by atoms with Crippen molar-refractivity contribution >= 4 is 5.82 Å². The van der Waals surface area contributed by atoms with Crippen molar-refractivity contribution in [3.05, 3.63) is 29.6 Å². The van der Waals surface area contributed by atoms with Gasteiger partial charge in [-0.1, -0.05) is 0 Å². The Labute approximate surface area is 190 Å². The van der Waals surface area contributed by atoms with Gasteiger partial charge < -0.3 is 10.5 Å². The van der Waals surface area contributed by atoms with E-state index in [-0.39, 0.29) is 11.5 Å². The van der Waals surface area contributed by atoms with E-state index in [4.69, 9.17) is 15.6 Å². The Kier molecular flexibility index (Phi) is 3.87. The van der Waals surface area contributed by atoms with Gasteiger partial charge in [-0.05, 0) is 50.2 Å². The minimum Gasteiger partial charge on any atom is -0.383 e. The molecule has 0 amide bonds. The number of aromatic nitrogens is 3. The molecular formula is C24H28F3N5O. The standard InChI is InChI=1S/C24H28F3N5O/c1-11(2)32-19(5-17(30-32)12-3-16(24(25,26)27)22(28)29-6-12)23-15-4-18(21(23)20(15)23)31-7-13-9-33-10-14(13)8-31/h3,5-6,11,13-15,18,20-21H,4,7-10H2,1-2H3,(H2,28,29)/t13?,14?,15-,18?,20-,21?,23-/m1/s1. The summed E-state index contributed by atoms with van der Waals surface area (Å²) in [5.41, 5.74) is 6.88. The molecule has 2 aromatic heterocycles. The SMILES string of the molecule is CC(C)n1nc(-c2cnc(N)c(C(F)(F)F)c2)cc1[C@]12C3C(N4CC5COCC5C4)C[C@@H]1[C@H]32. The number of halogens is 3. The van der Waals surface area contributed by atoms with E-state index in [0.29, 0.717) is 46.9 Å². The number of nitrogens with zero attached hydrogens (tertiary/aromatic N) is 4. The van der Waals surface area contributed by atoms with Crippen LogP contribution in [-0.4, -0.2) is 52.0 Å². The highest BCUT2D eigenvalue weighted by Crippen LogP contribution is 2.91. The molecule has 4 aliphatic carbocycles. The van der Waals surface area contributed by atoms with Crippen molar-refractivity contribution < 1.29 is 17.9 Å². The van der Waals surface area contributed by atoms with Gasteiger partial charge in [0.25, 0.3) is 0 Å². The van der Waals surface area contributed by atoms with Gasteiger partial charge in [-0.15, -0.1) is 0 Å². The Hall–Kier alpha value is -2.13. The van der Waals surface area contributed by atoms with Gasteiger partial charge in [-0.3, -0.25) is 9.58 Å². The monoisotopic (exact) mass is 459 g/mol. The Bertz CT molecular complexity index is 1130. The van der Waals surface area contributed by atoms with E-state index < -0.39 is 17.6 Å². The van der Waals surface area contributed by atoms with E-state index in [9.17, 15) is 13.2 Å². The van der Waals surface area contributed by atoms with Gasteiger partial charge >= 0.3 is 6.18 Å². The van der Waals surface area contributed by atoms with E-state index in [1.54, 1.807) is 0 Å². The van der Waals surface area contributed by atoms with Crippen molar-refractivity contribution in [3.8, 4) is 11.3 Å². The summed E-state index contributed by atoms with van der Waals surface area (Å²) >= 11 is 0. The van der Waals surface area contributed by atoms with Gasteiger partial charge in [-0.25, -0.2) is 4.98 Å². The molecule has 33 heavy (non-hydrogen) atoms. The highest BCUT2D eigenvalue weighted by Gasteiger charge is 2.93. The first kappa shape index (κ1) is 20.3. The molecule has 7 atom stereocenters. The van der Waals surface area contributed by atoms with Crippen LogP contribution in [0.3, 0.4) is 0 Å². The second-order valence-electron chi connectivity index (χ2n) is 11.0. The van der Waals surface area contributed by atoms with Crippen LogP contribution in [0, 0.1) is 29.6 Å². The first-order chi connectivity index (χ1) is 15.7. The van der Waals surface area contributed by atoms with E-state index in [2.05, 4.69) is 23.7 Å². The van der Waals surface area contributed by atoms with Crippen molar-refractivity contribution in [1.29, 1.82) is 0 Å². The summed E-state index contributed by atoms with van der Waals surface area (Å²) in [6, 6.07) is 3.86. The second kappa shape index (κ2) is 6.30. The number of likely N-dealkylation sites (tertiary alicyclic amines) is 1. The minimum atomic E-state index is -4.54. The molecule has 176 valence electrons.